The Labute approximate surface area is 202 Å². The molecule has 3 heterocycles. The highest BCUT2D eigenvalue weighted by Gasteiger charge is 2.39. The summed E-state index contributed by atoms with van der Waals surface area (Å²) >= 11 is 0. The molecule has 35 heavy (non-hydrogen) atoms. The molecule has 184 valence electrons. The van der Waals surface area contributed by atoms with Gasteiger partial charge in [0.15, 0.2) is 0 Å². The first kappa shape index (κ1) is 24.4. The van der Waals surface area contributed by atoms with Crippen LogP contribution in [0, 0.1) is 11.7 Å². The molecule has 11 heteroatoms. The molecule has 1 aliphatic rings. The second-order valence-electron chi connectivity index (χ2n) is 9.28. The number of phenolic OH excluding ortho intramolecular Hbond substituents is 1. The van der Waals surface area contributed by atoms with Crippen LogP contribution < -0.4 is 15.4 Å². The molecular weight excluding hydrogens is 473 g/mol. The molecule has 1 atom stereocenters. The molecule has 4 rings (SSSR count). The quantitative estimate of drug-likeness (QED) is 0.486. The van der Waals surface area contributed by atoms with Gasteiger partial charge in [-0.25, -0.2) is 27.5 Å². The van der Waals surface area contributed by atoms with Gasteiger partial charge in [0.25, 0.3) is 15.9 Å². The van der Waals surface area contributed by atoms with Crippen molar-refractivity contribution >= 4 is 27.6 Å². The first-order valence-electron chi connectivity index (χ1n) is 10.9. The lowest BCUT2D eigenvalue weighted by molar-refractivity contribution is 0.0981. The molecule has 4 N–H and O–H groups in total. The maximum Gasteiger partial charge on any atom is 0.268 e. The van der Waals surface area contributed by atoms with Crippen molar-refractivity contribution in [3.8, 4) is 17.0 Å². The lowest BCUT2D eigenvalue weighted by Gasteiger charge is -2.34. The Bertz CT molecular complexity index is 1410. The van der Waals surface area contributed by atoms with Crippen molar-refractivity contribution in [3.63, 3.8) is 0 Å². The minimum atomic E-state index is -4.31. The number of sulfonamides is 1. The van der Waals surface area contributed by atoms with Gasteiger partial charge >= 0.3 is 0 Å². The molecule has 1 saturated heterocycles. The van der Waals surface area contributed by atoms with Crippen LogP contribution >= 0.6 is 0 Å². The Kier molecular flexibility index (Phi) is 6.14. The summed E-state index contributed by atoms with van der Waals surface area (Å²) in [5.74, 6) is -1.47. The predicted molar refractivity (Wildman–Crippen MR) is 130 cm³/mol. The van der Waals surface area contributed by atoms with Crippen molar-refractivity contribution in [2.75, 3.05) is 17.2 Å². The number of hydrogen-bond donors (Lipinski definition) is 3. The molecule has 0 saturated carbocycles. The minimum absolute atomic E-state index is 0.0311. The van der Waals surface area contributed by atoms with E-state index in [1.165, 1.54) is 42.6 Å². The average Bonchev–Trinajstić information content (AvgIpc) is 3.05. The van der Waals surface area contributed by atoms with E-state index in [0.717, 1.165) is 12.5 Å². The van der Waals surface area contributed by atoms with Gasteiger partial charge in [-0.1, -0.05) is 6.92 Å². The molecule has 1 fully saturated rings. The lowest BCUT2D eigenvalue weighted by Crippen LogP contribution is -2.41. The van der Waals surface area contributed by atoms with E-state index in [1.54, 1.807) is 0 Å². The fourth-order valence-corrected chi connectivity index (χ4v) is 5.57. The van der Waals surface area contributed by atoms with Gasteiger partial charge in [0, 0.05) is 29.9 Å². The van der Waals surface area contributed by atoms with Crippen molar-refractivity contribution < 1.29 is 22.7 Å². The summed E-state index contributed by atoms with van der Waals surface area (Å²) in [6, 6.07) is 9.14. The molecule has 2 aromatic heterocycles. The highest BCUT2D eigenvalue weighted by atomic mass is 32.2. The van der Waals surface area contributed by atoms with Gasteiger partial charge in [0.2, 0.25) is 0 Å². The van der Waals surface area contributed by atoms with Crippen LogP contribution in [0.2, 0.25) is 0 Å². The number of carbonyl (C=O) groups excluding carboxylic acids is 1. The van der Waals surface area contributed by atoms with Gasteiger partial charge in [-0.3, -0.25) is 4.79 Å². The molecule has 0 aliphatic carbocycles. The number of anilines is 2. The lowest BCUT2D eigenvalue weighted by atomic mass is 9.97. The number of hydrogen-bond acceptors (Lipinski definition) is 8. The zero-order chi connectivity index (χ0) is 25.5. The van der Waals surface area contributed by atoms with E-state index in [9.17, 15) is 22.7 Å². The standard InChI is InChI=1S/C24H26FN5O4S/c1-14-12-24(2,3)30(13-14)22-17(8-9-18(28-22)16-7-6-15(25)11-19(16)31)23(32)29-35(33,34)20-5-4-10-27-21(20)26/h4-11,14,31H,12-13H2,1-3H3,(H2,26,27)(H,29,32)/t14-/m0/s1. The number of nitrogens with one attached hydrogen (secondary N) is 1. The molecule has 1 amide bonds. The third-order valence-electron chi connectivity index (χ3n) is 6.00. The van der Waals surface area contributed by atoms with E-state index in [-0.39, 0.29) is 38.9 Å². The fourth-order valence-electron chi connectivity index (χ4n) is 4.52. The van der Waals surface area contributed by atoms with Crippen LogP contribution in [-0.2, 0) is 10.0 Å². The third kappa shape index (κ3) is 4.76. The second kappa shape index (κ2) is 8.81. The van der Waals surface area contributed by atoms with E-state index in [2.05, 4.69) is 21.6 Å². The molecule has 0 unspecified atom stereocenters. The number of aromatic hydroxyl groups is 1. The maximum absolute atomic E-state index is 13.5. The second-order valence-corrected chi connectivity index (χ2v) is 10.9. The van der Waals surface area contributed by atoms with Gasteiger partial charge in [-0.05, 0) is 62.6 Å². The molecule has 0 bridgehead atoms. The van der Waals surface area contributed by atoms with Gasteiger partial charge in [0.05, 0.1) is 11.3 Å². The molecule has 1 aromatic carbocycles. The summed E-state index contributed by atoms with van der Waals surface area (Å²) in [6.45, 7) is 6.68. The number of pyridine rings is 2. The van der Waals surface area contributed by atoms with E-state index in [4.69, 9.17) is 5.73 Å². The molecular formula is C24H26FN5O4S. The Hall–Kier alpha value is -3.73. The van der Waals surface area contributed by atoms with Crippen molar-refractivity contribution in [3.05, 3.63) is 60.0 Å². The Morgan fingerprint density at radius 2 is 2.00 bits per heavy atom. The number of nitrogens with two attached hydrogens (primary N) is 1. The van der Waals surface area contributed by atoms with Gasteiger partial charge in [0.1, 0.15) is 28.1 Å². The Balaban J connectivity index is 1.80. The topological polar surface area (TPSA) is 139 Å². The summed E-state index contributed by atoms with van der Waals surface area (Å²) in [5.41, 5.74) is 5.94. The molecule has 9 nitrogen and oxygen atoms in total. The van der Waals surface area contributed by atoms with Gasteiger partial charge in [-0.15, -0.1) is 0 Å². The van der Waals surface area contributed by atoms with Crippen molar-refractivity contribution in [2.45, 2.75) is 37.6 Å². The van der Waals surface area contributed by atoms with Gasteiger partial charge in [-0.2, -0.15) is 0 Å². The van der Waals surface area contributed by atoms with Crippen LogP contribution in [0.5, 0.6) is 5.75 Å². The van der Waals surface area contributed by atoms with Gasteiger partial charge < -0.3 is 15.7 Å². The zero-order valence-electron chi connectivity index (χ0n) is 19.5. The van der Waals surface area contributed by atoms with Crippen LogP contribution in [0.4, 0.5) is 16.0 Å². The first-order chi connectivity index (χ1) is 16.4. The highest BCUT2D eigenvalue weighted by Crippen LogP contribution is 2.39. The molecule has 0 radical (unpaired) electrons. The maximum atomic E-state index is 13.5. The molecule has 1 aliphatic heterocycles. The smallest absolute Gasteiger partial charge is 0.268 e. The largest absolute Gasteiger partial charge is 0.507 e. The molecule has 0 spiro atoms. The normalized spacial score (nSPS) is 17.4. The van der Waals surface area contributed by atoms with E-state index < -0.39 is 21.7 Å². The zero-order valence-corrected chi connectivity index (χ0v) is 20.3. The van der Waals surface area contributed by atoms with Crippen LogP contribution in [0.25, 0.3) is 11.3 Å². The monoisotopic (exact) mass is 499 g/mol. The summed E-state index contributed by atoms with van der Waals surface area (Å²) in [6.07, 6.45) is 2.17. The van der Waals surface area contributed by atoms with E-state index >= 15 is 0 Å². The third-order valence-corrected chi connectivity index (χ3v) is 7.38. The van der Waals surface area contributed by atoms with Crippen LogP contribution in [0.1, 0.15) is 37.6 Å². The molecule has 3 aromatic rings. The summed E-state index contributed by atoms with van der Waals surface area (Å²) in [5, 5.41) is 10.3. The number of aromatic nitrogens is 2. The highest BCUT2D eigenvalue weighted by molar-refractivity contribution is 7.90. The Morgan fingerprint density at radius 1 is 1.26 bits per heavy atom. The minimum Gasteiger partial charge on any atom is -0.507 e. The van der Waals surface area contributed by atoms with E-state index in [1.807, 2.05) is 18.7 Å². The van der Waals surface area contributed by atoms with Crippen molar-refractivity contribution in [1.82, 2.24) is 14.7 Å². The summed E-state index contributed by atoms with van der Waals surface area (Å²) < 4.78 is 41.3. The van der Waals surface area contributed by atoms with Crippen LogP contribution in [0.15, 0.2) is 53.6 Å². The number of nitrogens with zero attached hydrogens (tertiary/aromatic N) is 3. The van der Waals surface area contributed by atoms with Crippen LogP contribution in [0.3, 0.4) is 0 Å². The SMILES string of the molecule is C[C@@H]1CN(c2nc(-c3ccc(F)cc3O)ccc2C(=O)NS(=O)(=O)c2cccnc2N)C(C)(C)C1. The average molecular weight is 500 g/mol. The number of halogens is 1. The number of phenols is 1. The number of nitrogen functional groups attached to an aromatic ring is 1. The first-order valence-corrected chi connectivity index (χ1v) is 12.4. The predicted octanol–water partition coefficient (Wildman–Crippen LogP) is 3.31. The van der Waals surface area contributed by atoms with Crippen LogP contribution in [-0.4, -0.2) is 41.5 Å². The van der Waals surface area contributed by atoms with Crippen molar-refractivity contribution in [2.24, 2.45) is 5.92 Å². The number of amides is 1. The van der Waals surface area contributed by atoms with E-state index in [0.29, 0.717) is 18.2 Å². The summed E-state index contributed by atoms with van der Waals surface area (Å²) in [4.78, 5) is 23.3. The number of benzene rings is 1. The summed E-state index contributed by atoms with van der Waals surface area (Å²) in [7, 11) is -4.31. The fraction of sp³-hybridized carbons (Fsp3) is 0.292. The van der Waals surface area contributed by atoms with Crippen molar-refractivity contribution in [1.29, 1.82) is 0 Å². The Morgan fingerprint density at radius 3 is 2.63 bits per heavy atom. The number of carbonyl (C=O) groups is 1. The number of rotatable bonds is 5.